The Bertz CT molecular complexity index is 1430. The lowest BCUT2D eigenvalue weighted by Gasteiger charge is -2.18. The van der Waals surface area contributed by atoms with Crippen LogP contribution < -0.4 is 0 Å². The van der Waals surface area contributed by atoms with Crippen LogP contribution in [0, 0.1) is 0 Å². The quantitative estimate of drug-likeness (QED) is 0.0200. The Morgan fingerprint density at radius 3 is 1.25 bits per heavy atom. The zero-order valence-corrected chi connectivity index (χ0v) is 40.7. The zero-order chi connectivity index (χ0) is 46.5. The minimum absolute atomic E-state index is 0.137. The number of hydrogen-bond acceptors (Lipinski definition) is 6. The Morgan fingerprint density at radius 2 is 0.734 bits per heavy atom. The van der Waals surface area contributed by atoms with Gasteiger partial charge in [-0.3, -0.25) is 14.4 Å². The summed E-state index contributed by atoms with van der Waals surface area (Å²) >= 11 is 0. The van der Waals surface area contributed by atoms with Crippen molar-refractivity contribution in [1.29, 1.82) is 0 Å². The van der Waals surface area contributed by atoms with Crippen LogP contribution >= 0.6 is 0 Å². The van der Waals surface area contributed by atoms with Crippen LogP contribution in [0.15, 0.2) is 134 Å². The van der Waals surface area contributed by atoms with Crippen LogP contribution in [0.5, 0.6) is 0 Å². The first kappa shape index (κ1) is 59.5. The number of rotatable bonds is 43. The summed E-state index contributed by atoms with van der Waals surface area (Å²) < 4.78 is 16.6. The van der Waals surface area contributed by atoms with Gasteiger partial charge in [0.05, 0.1) is 0 Å². The Morgan fingerprint density at radius 1 is 0.344 bits per heavy atom. The van der Waals surface area contributed by atoms with Crippen molar-refractivity contribution in [3.05, 3.63) is 134 Å². The molecule has 0 aliphatic rings. The van der Waals surface area contributed by atoms with Crippen LogP contribution in [-0.2, 0) is 28.6 Å². The number of unbranched alkanes of at least 4 members (excludes halogenated alkanes) is 14. The van der Waals surface area contributed by atoms with Gasteiger partial charge in [-0.15, -0.1) is 0 Å². The van der Waals surface area contributed by atoms with Crippen molar-refractivity contribution in [3.8, 4) is 0 Å². The first-order valence-corrected chi connectivity index (χ1v) is 25.3. The summed E-state index contributed by atoms with van der Waals surface area (Å²) in [5.74, 6) is -1.11. The van der Waals surface area contributed by atoms with E-state index in [1.807, 2.05) is 66.8 Å². The minimum Gasteiger partial charge on any atom is -0.462 e. The van der Waals surface area contributed by atoms with E-state index in [-0.39, 0.29) is 38.0 Å². The number of esters is 3. The minimum atomic E-state index is -0.852. The summed E-state index contributed by atoms with van der Waals surface area (Å²) in [5.41, 5.74) is 0. The van der Waals surface area contributed by atoms with Gasteiger partial charge < -0.3 is 14.2 Å². The van der Waals surface area contributed by atoms with Crippen LogP contribution in [0.2, 0.25) is 0 Å². The van der Waals surface area contributed by atoms with Gasteiger partial charge in [0.1, 0.15) is 13.2 Å². The molecule has 358 valence electrons. The lowest BCUT2D eigenvalue weighted by atomic mass is 10.1. The summed E-state index contributed by atoms with van der Waals surface area (Å²) in [7, 11) is 0. The molecule has 0 aromatic heterocycles. The predicted molar refractivity (Wildman–Crippen MR) is 274 cm³/mol. The van der Waals surface area contributed by atoms with Crippen LogP contribution in [0.3, 0.4) is 0 Å². The van der Waals surface area contributed by atoms with Crippen LogP contribution in [-0.4, -0.2) is 37.2 Å². The van der Waals surface area contributed by atoms with Gasteiger partial charge in [-0.1, -0.05) is 219 Å². The third kappa shape index (κ3) is 48.6. The SMILES string of the molecule is CC/C=C/C=C/C=C/C=C/C=C/CCCC(=O)OCC(COC(=O)CCCCCCCCC/C=C/CCCCCCCC)OC(=O)CC/C=C/C/C=C/C/C=C/C/C=C/C/C=C/CC. The van der Waals surface area contributed by atoms with E-state index in [1.54, 1.807) is 0 Å². The van der Waals surface area contributed by atoms with Crippen LogP contribution in [0.25, 0.3) is 0 Å². The van der Waals surface area contributed by atoms with E-state index in [0.29, 0.717) is 19.3 Å². The molecular formula is C58H90O6. The first-order valence-electron chi connectivity index (χ1n) is 25.3. The molecule has 0 N–H and O–H groups in total. The highest BCUT2D eigenvalue weighted by atomic mass is 16.6. The normalized spacial score (nSPS) is 13.2. The van der Waals surface area contributed by atoms with Crippen LogP contribution in [0.4, 0.5) is 0 Å². The summed E-state index contributed by atoms with van der Waals surface area (Å²) in [6.07, 6.45) is 71.7. The molecule has 6 heteroatoms. The van der Waals surface area contributed by atoms with Gasteiger partial charge in [0.15, 0.2) is 6.10 Å². The fraction of sp³-hybridized carbons (Fsp3) is 0.569. The molecule has 1 unspecified atom stereocenters. The Kier molecular flexibility index (Phi) is 47.6. The maximum atomic E-state index is 12.8. The maximum Gasteiger partial charge on any atom is 0.306 e. The van der Waals surface area contributed by atoms with Crippen molar-refractivity contribution in [3.63, 3.8) is 0 Å². The van der Waals surface area contributed by atoms with Gasteiger partial charge in [0, 0.05) is 19.3 Å². The van der Waals surface area contributed by atoms with Crippen molar-refractivity contribution in [1.82, 2.24) is 0 Å². The molecule has 64 heavy (non-hydrogen) atoms. The average Bonchev–Trinajstić information content (AvgIpc) is 3.29. The summed E-state index contributed by atoms with van der Waals surface area (Å²) in [6, 6.07) is 0. The Hall–Kier alpha value is -4.45. The fourth-order valence-electron chi connectivity index (χ4n) is 6.28. The van der Waals surface area contributed by atoms with Crippen molar-refractivity contribution < 1.29 is 28.6 Å². The second-order valence-corrected chi connectivity index (χ2v) is 16.1. The molecule has 6 nitrogen and oxygen atoms in total. The fourth-order valence-corrected chi connectivity index (χ4v) is 6.28. The largest absolute Gasteiger partial charge is 0.462 e. The molecule has 0 aromatic rings. The van der Waals surface area contributed by atoms with E-state index >= 15 is 0 Å². The molecule has 0 saturated carbocycles. The number of carbonyl (C=O) groups excluding carboxylic acids is 3. The molecule has 0 saturated heterocycles. The maximum absolute atomic E-state index is 12.8. The second-order valence-electron chi connectivity index (χ2n) is 16.1. The van der Waals surface area contributed by atoms with Gasteiger partial charge in [0.2, 0.25) is 0 Å². The van der Waals surface area contributed by atoms with Gasteiger partial charge in [0.25, 0.3) is 0 Å². The van der Waals surface area contributed by atoms with E-state index in [0.717, 1.165) is 64.2 Å². The standard InChI is InChI=1S/C58H90O6/c1-4-7-10-13-16-19-22-25-27-29-31-33-36-39-42-45-48-51-57(60)63-54-55(53-62-56(59)50-47-44-41-38-35-32-24-21-18-15-12-9-6-3)64-58(61)52-49-46-43-40-37-34-30-28-26-23-20-17-14-11-8-5-2/h8-9,11-12,15,17-18,20-21,24-28,32,34-35,37-38,41,43,46,55H,4-7,10,13-14,16,19,22-23,29-31,33,36,39-40,42,44-45,47-54H2,1-3H3/b11-8+,12-9+,18-15+,20-17+,24-21+,27-25+,28-26+,35-32+,37-34+,41-38+,46-43+. The lowest BCUT2D eigenvalue weighted by molar-refractivity contribution is -0.166. The highest BCUT2D eigenvalue weighted by molar-refractivity contribution is 5.71. The third-order valence-corrected chi connectivity index (χ3v) is 10.0. The molecule has 0 bridgehead atoms. The van der Waals surface area contributed by atoms with E-state index < -0.39 is 12.1 Å². The predicted octanol–water partition coefficient (Wildman–Crippen LogP) is 16.7. The number of hydrogen-bond donors (Lipinski definition) is 0. The van der Waals surface area contributed by atoms with Gasteiger partial charge in [-0.05, 0) is 89.9 Å². The first-order chi connectivity index (χ1) is 31.5. The monoisotopic (exact) mass is 883 g/mol. The topological polar surface area (TPSA) is 78.9 Å². The second kappa shape index (κ2) is 51.2. The number of allylic oxidation sites excluding steroid dienone is 22. The molecule has 0 aliphatic carbocycles. The van der Waals surface area contributed by atoms with Crippen molar-refractivity contribution in [2.45, 2.75) is 200 Å². The Labute approximate surface area is 392 Å². The highest BCUT2D eigenvalue weighted by Gasteiger charge is 2.19. The Balaban J connectivity index is 4.60. The molecule has 1 atom stereocenters. The molecule has 0 rings (SSSR count). The molecule has 0 radical (unpaired) electrons. The summed E-state index contributed by atoms with van der Waals surface area (Å²) in [5, 5.41) is 0. The average molecular weight is 883 g/mol. The molecule has 0 spiro atoms. The zero-order valence-electron chi connectivity index (χ0n) is 40.7. The highest BCUT2D eigenvalue weighted by Crippen LogP contribution is 2.12. The van der Waals surface area contributed by atoms with E-state index in [9.17, 15) is 14.4 Å². The molecule has 0 amide bonds. The van der Waals surface area contributed by atoms with Crippen molar-refractivity contribution in [2.75, 3.05) is 13.2 Å². The van der Waals surface area contributed by atoms with Gasteiger partial charge in [-0.25, -0.2) is 0 Å². The summed E-state index contributed by atoms with van der Waals surface area (Å²) in [6.45, 7) is 6.22. The van der Waals surface area contributed by atoms with Crippen molar-refractivity contribution >= 4 is 17.9 Å². The van der Waals surface area contributed by atoms with E-state index in [1.165, 1.54) is 77.0 Å². The van der Waals surface area contributed by atoms with Crippen molar-refractivity contribution in [2.24, 2.45) is 0 Å². The number of ether oxygens (including phenoxy) is 3. The van der Waals surface area contributed by atoms with E-state index in [2.05, 4.69) is 87.6 Å². The van der Waals surface area contributed by atoms with Gasteiger partial charge >= 0.3 is 17.9 Å². The van der Waals surface area contributed by atoms with Crippen LogP contribution in [0.1, 0.15) is 194 Å². The molecular weight excluding hydrogens is 793 g/mol. The molecule has 0 aliphatic heterocycles. The lowest BCUT2D eigenvalue weighted by Crippen LogP contribution is -2.30. The molecule has 0 fully saturated rings. The molecule has 0 heterocycles. The van der Waals surface area contributed by atoms with Gasteiger partial charge in [-0.2, -0.15) is 0 Å². The molecule has 0 aromatic carbocycles. The summed E-state index contributed by atoms with van der Waals surface area (Å²) in [4.78, 5) is 37.9. The van der Waals surface area contributed by atoms with E-state index in [4.69, 9.17) is 14.2 Å². The smallest absolute Gasteiger partial charge is 0.306 e. The number of carbonyl (C=O) groups is 3. The third-order valence-electron chi connectivity index (χ3n) is 10.0.